The van der Waals surface area contributed by atoms with Gasteiger partial charge in [-0.3, -0.25) is 0 Å². The molecular formula is C14H19FO2. The van der Waals surface area contributed by atoms with Crippen LogP contribution in [0.1, 0.15) is 44.3 Å². The monoisotopic (exact) mass is 238 g/mol. The highest BCUT2D eigenvalue weighted by Gasteiger charge is 2.36. The zero-order valence-electron chi connectivity index (χ0n) is 10.4. The van der Waals surface area contributed by atoms with Crippen molar-refractivity contribution >= 4 is 0 Å². The van der Waals surface area contributed by atoms with E-state index in [2.05, 4.69) is 6.92 Å². The molecule has 0 saturated heterocycles. The molecule has 1 atom stereocenters. The highest BCUT2D eigenvalue weighted by molar-refractivity contribution is 5.31. The Hall–Kier alpha value is -1.09. The fraction of sp³-hybridized carbons (Fsp3) is 0.571. The zero-order valence-corrected chi connectivity index (χ0v) is 10.4. The molecule has 0 heterocycles. The first-order valence-electron chi connectivity index (χ1n) is 6.08. The first-order chi connectivity index (χ1) is 8.07. The van der Waals surface area contributed by atoms with Gasteiger partial charge in [-0.2, -0.15) is 0 Å². The molecule has 0 aliphatic heterocycles. The molecule has 3 heteroatoms. The summed E-state index contributed by atoms with van der Waals surface area (Å²) in [6.45, 7) is 2.08. The molecule has 0 spiro atoms. The van der Waals surface area contributed by atoms with Crippen molar-refractivity contribution in [3.63, 3.8) is 0 Å². The number of hydrogen-bond donors (Lipinski definition) is 1. The highest BCUT2D eigenvalue weighted by atomic mass is 19.1. The Kier molecular flexibility index (Phi) is 3.38. The van der Waals surface area contributed by atoms with Crippen LogP contribution in [0.15, 0.2) is 18.2 Å². The van der Waals surface area contributed by atoms with Gasteiger partial charge >= 0.3 is 0 Å². The number of aliphatic hydroxyl groups excluding tert-OH is 1. The molecule has 1 fully saturated rings. The number of hydrogen-bond acceptors (Lipinski definition) is 2. The lowest BCUT2D eigenvalue weighted by Crippen LogP contribution is -2.22. The summed E-state index contributed by atoms with van der Waals surface area (Å²) < 4.78 is 18.5. The van der Waals surface area contributed by atoms with Gasteiger partial charge in [-0.05, 0) is 36.0 Å². The summed E-state index contributed by atoms with van der Waals surface area (Å²) in [7, 11) is 1.44. The molecule has 0 bridgehead atoms. The van der Waals surface area contributed by atoms with Gasteiger partial charge in [-0.1, -0.05) is 25.8 Å². The van der Waals surface area contributed by atoms with Crippen LogP contribution in [-0.4, -0.2) is 12.2 Å². The van der Waals surface area contributed by atoms with Gasteiger partial charge in [0.05, 0.1) is 13.2 Å². The van der Waals surface area contributed by atoms with Gasteiger partial charge in [0.25, 0.3) is 0 Å². The van der Waals surface area contributed by atoms with Crippen LogP contribution < -0.4 is 4.74 Å². The predicted molar refractivity (Wildman–Crippen MR) is 64.5 cm³/mol. The largest absolute Gasteiger partial charge is 0.494 e. The lowest BCUT2D eigenvalue weighted by Gasteiger charge is -2.30. The molecule has 1 aromatic rings. The lowest BCUT2D eigenvalue weighted by atomic mass is 9.79. The smallest absolute Gasteiger partial charge is 0.165 e. The molecule has 0 aromatic heterocycles. The Morgan fingerprint density at radius 2 is 2.00 bits per heavy atom. The van der Waals surface area contributed by atoms with E-state index < -0.39 is 11.9 Å². The summed E-state index contributed by atoms with van der Waals surface area (Å²) in [6.07, 6.45) is 3.70. The fourth-order valence-electron chi connectivity index (χ4n) is 2.71. The average Bonchev–Trinajstić information content (AvgIpc) is 2.76. The molecule has 1 aromatic carbocycles. The Morgan fingerprint density at radius 3 is 2.53 bits per heavy atom. The maximum Gasteiger partial charge on any atom is 0.165 e. The first kappa shape index (κ1) is 12.4. The van der Waals surface area contributed by atoms with E-state index in [0.717, 1.165) is 25.7 Å². The van der Waals surface area contributed by atoms with Crippen molar-refractivity contribution in [1.82, 2.24) is 0 Å². The number of aliphatic hydroxyl groups is 1. The summed E-state index contributed by atoms with van der Waals surface area (Å²) in [4.78, 5) is 0. The van der Waals surface area contributed by atoms with Gasteiger partial charge in [0.1, 0.15) is 0 Å². The van der Waals surface area contributed by atoms with Crippen molar-refractivity contribution in [2.45, 2.75) is 38.7 Å². The normalized spacial score (nSPS) is 20.2. The van der Waals surface area contributed by atoms with Crippen LogP contribution in [0, 0.1) is 11.2 Å². The van der Waals surface area contributed by atoms with Crippen molar-refractivity contribution < 1.29 is 14.2 Å². The number of ether oxygens (including phenoxy) is 1. The quantitative estimate of drug-likeness (QED) is 0.874. The SMILES string of the molecule is COc1ccc(C(O)C2(C)CCCC2)cc1F. The minimum Gasteiger partial charge on any atom is -0.494 e. The molecule has 2 rings (SSSR count). The van der Waals surface area contributed by atoms with Crippen LogP contribution in [0.25, 0.3) is 0 Å². The topological polar surface area (TPSA) is 29.5 Å². The van der Waals surface area contributed by atoms with Gasteiger partial charge in [0, 0.05) is 0 Å². The summed E-state index contributed by atoms with van der Waals surface area (Å²) in [5.74, 6) is -0.192. The summed E-state index contributed by atoms with van der Waals surface area (Å²) >= 11 is 0. The molecule has 94 valence electrons. The van der Waals surface area contributed by atoms with Crippen LogP contribution in [0.3, 0.4) is 0 Å². The molecule has 1 aliphatic carbocycles. The van der Waals surface area contributed by atoms with E-state index in [1.54, 1.807) is 12.1 Å². The van der Waals surface area contributed by atoms with Crippen LogP contribution >= 0.6 is 0 Å². The Balaban J connectivity index is 2.25. The van der Waals surface area contributed by atoms with E-state index >= 15 is 0 Å². The molecule has 1 aliphatic rings. The zero-order chi connectivity index (χ0) is 12.5. The van der Waals surface area contributed by atoms with E-state index in [-0.39, 0.29) is 11.2 Å². The number of rotatable bonds is 3. The van der Waals surface area contributed by atoms with E-state index in [0.29, 0.717) is 5.56 Å². The third-order valence-electron chi connectivity index (χ3n) is 3.90. The Morgan fingerprint density at radius 1 is 1.35 bits per heavy atom. The first-order valence-corrected chi connectivity index (χ1v) is 6.08. The van der Waals surface area contributed by atoms with Crippen LogP contribution in [0.4, 0.5) is 4.39 Å². The summed E-state index contributed by atoms with van der Waals surface area (Å²) in [5.41, 5.74) is 0.536. The molecule has 0 amide bonds. The summed E-state index contributed by atoms with van der Waals surface area (Å²) in [6, 6.07) is 4.70. The molecule has 0 radical (unpaired) electrons. The van der Waals surface area contributed by atoms with E-state index in [1.807, 2.05) is 0 Å². The molecule has 1 saturated carbocycles. The molecule has 1 unspecified atom stereocenters. The highest BCUT2D eigenvalue weighted by Crippen LogP contribution is 2.47. The number of benzene rings is 1. The Bertz CT molecular complexity index is 397. The third-order valence-corrected chi connectivity index (χ3v) is 3.90. The predicted octanol–water partition coefficient (Wildman–Crippen LogP) is 3.45. The Labute approximate surface area is 101 Å². The van der Waals surface area contributed by atoms with Gasteiger partial charge < -0.3 is 9.84 Å². The van der Waals surface area contributed by atoms with E-state index in [9.17, 15) is 9.50 Å². The average molecular weight is 238 g/mol. The second-order valence-corrected chi connectivity index (χ2v) is 5.16. The second kappa shape index (κ2) is 4.65. The van der Waals surface area contributed by atoms with E-state index in [4.69, 9.17) is 4.74 Å². The lowest BCUT2D eigenvalue weighted by molar-refractivity contribution is 0.0405. The standard InChI is InChI=1S/C14H19FO2/c1-14(7-3-4-8-14)13(16)10-5-6-12(17-2)11(15)9-10/h5-6,9,13,16H,3-4,7-8H2,1-2H3. The van der Waals surface area contributed by atoms with Gasteiger partial charge in [-0.25, -0.2) is 4.39 Å². The van der Waals surface area contributed by atoms with Crippen molar-refractivity contribution in [1.29, 1.82) is 0 Å². The second-order valence-electron chi connectivity index (χ2n) is 5.16. The minimum absolute atomic E-state index is 0.110. The van der Waals surface area contributed by atoms with Crippen molar-refractivity contribution in [3.8, 4) is 5.75 Å². The maximum absolute atomic E-state index is 13.6. The molecule has 17 heavy (non-hydrogen) atoms. The molecule has 1 N–H and O–H groups in total. The van der Waals surface area contributed by atoms with Crippen LogP contribution in [0.5, 0.6) is 5.75 Å². The van der Waals surface area contributed by atoms with Crippen molar-refractivity contribution in [2.75, 3.05) is 7.11 Å². The van der Waals surface area contributed by atoms with Gasteiger partial charge in [0.15, 0.2) is 11.6 Å². The fourth-order valence-corrected chi connectivity index (χ4v) is 2.71. The summed E-state index contributed by atoms with van der Waals surface area (Å²) in [5, 5.41) is 10.4. The number of methoxy groups -OCH3 is 1. The van der Waals surface area contributed by atoms with Gasteiger partial charge in [-0.15, -0.1) is 0 Å². The molecule has 2 nitrogen and oxygen atoms in total. The molecular weight excluding hydrogens is 219 g/mol. The van der Waals surface area contributed by atoms with Crippen molar-refractivity contribution in [2.24, 2.45) is 5.41 Å². The van der Waals surface area contributed by atoms with Crippen molar-refractivity contribution in [3.05, 3.63) is 29.6 Å². The number of halogens is 1. The third kappa shape index (κ3) is 2.29. The van der Waals surface area contributed by atoms with E-state index in [1.165, 1.54) is 13.2 Å². The maximum atomic E-state index is 13.6. The minimum atomic E-state index is -0.592. The van der Waals surface area contributed by atoms with Gasteiger partial charge in [0.2, 0.25) is 0 Å². The van der Waals surface area contributed by atoms with Crippen LogP contribution in [-0.2, 0) is 0 Å². The van der Waals surface area contributed by atoms with Crippen LogP contribution in [0.2, 0.25) is 0 Å².